The van der Waals surface area contributed by atoms with Crippen LogP contribution in [-0.4, -0.2) is 26.0 Å². The smallest absolute Gasteiger partial charge is 0.251 e. The minimum Gasteiger partial charge on any atom is -0.493 e. The molecule has 6 heteroatoms. The van der Waals surface area contributed by atoms with E-state index in [2.05, 4.69) is 10.6 Å². The van der Waals surface area contributed by atoms with Gasteiger partial charge in [0.05, 0.1) is 20.3 Å². The third-order valence-corrected chi connectivity index (χ3v) is 4.01. The summed E-state index contributed by atoms with van der Waals surface area (Å²) in [7, 11) is 3.08. The predicted molar refractivity (Wildman–Crippen MR) is 101 cm³/mol. The third-order valence-electron chi connectivity index (χ3n) is 4.01. The molecule has 0 heterocycles. The summed E-state index contributed by atoms with van der Waals surface area (Å²) in [5.74, 6) is 0.833. The van der Waals surface area contributed by atoms with Gasteiger partial charge in [-0.15, -0.1) is 0 Å². The van der Waals surface area contributed by atoms with Crippen molar-refractivity contribution in [3.05, 3.63) is 53.6 Å². The molecule has 0 aliphatic carbocycles. The second-order valence-electron chi connectivity index (χ2n) is 5.79. The van der Waals surface area contributed by atoms with Gasteiger partial charge in [-0.1, -0.05) is 19.1 Å². The maximum absolute atomic E-state index is 12.5. The first-order valence-electron chi connectivity index (χ1n) is 8.41. The number of hydrogen-bond donors (Lipinski definition) is 2. The molecule has 0 aliphatic heterocycles. The quantitative estimate of drug-likeness (QED) is 0.795. The largest absolute Gasteiger partial charge is 0.493 e. The van der Waals surface area contributed by atoms with Crippen LogP contribution in [0, 0.1) is 0 Å². The molecule has 26 heavy (non-hydrogen) atoms. The van der Waals surface area contributed by atoms with Gasteiger partial charge in [-0.25, -0.2) is 0 Å². The van der Waals surface area contributed by atoms with Crippen molar-refractivity contribution in [2.75, 3.05) is 19.5 Å². The number of amides is 2. The van der Waals surface area contributed by atoms with Crippen LogP contribution in [0.1, 0.15) is 42.2 Å². The van der Waals surface area contributed by atoms with E-state index in [0.29, 0.717) is 23.5 Å². The Bertz CT molecular complexity index is 772. The molecule has 0 spiro atoms. The SMILES string of the molecule is CCC(=O)Nc1ccc(C(C)NC(=O)c2ccc(OC)c(OC)c2)cc1. The van der Waals surface area contributed by atoms with Crippen molar-refractivity contribution in [3.8, 4) is 11.5 Å². The third kappa shape index (κ3) is 4.75. The monoisotopic (exact) mass is 356 g/mol. The zero-order valence-corrected chi connectivity index (χ0v) is 15.5. The maximum Gasteiger partial charge on any atom is 0.251 e. The second kappa shape index (κ2) is 8.89. The van der Waals surface area contributed by atoms with Crippen molar-refractivity contribution >= 4 is 17.5 Å². The predicted octanol–water partition coefficient (Wildman–Crippen LogP) is 3.54. The molecule has 6 nitrogen and oxygen atoms in total. The van der Waals surface area contributed by atoms with E-state index in [4.69, 9.17) is 9.47 Å². The fourth-order valence-electron chi connectivity index (χ4n) is 2.45. The van der Waals surface area contributed by atoms with Gasteiger partial charge in [-0.05, 0) is 42.8 Å². The molecule has 2 aromatic carbocycles. The van der Waals surface area contributed by atoms with Gasteiger partial charge in [0.15, 0.2) is 11.5 Å². The normalized spacial score (nSPS) is 11.4. The number of anilines is 1. The first-order chi connectivity index (χ1) is 12.5. The first kappa shape index (κ1) is 19.3. The van der Waals surface area contributed by atoms with Crippen LogP contribution < -0.4 is 20.1 Å². The molecule has 0 fully saturated rings. The van der Waals surface area contributed by atoms with Crippen molar-refractivity contribution in [1.29, 1.82) is 0 Å². The Morgan fingerprint density at radius 2 is 1.65 bits per heavy atom. The van der Waals surface area contributed by atoms with Gasteiger partial charge in [0.1, 0.15) is 0 Å². The zero-order valence-electron chi connectivity index (χ0n) is 15.5. The van der Waals surface area contributed by atoms with Gasteiger partial charge in [-0.3, -0.25) is 9.59 Å². The summed E-state index contributed by atoms with van der Waals surface area (Å²) in [5, 5.41) is 5.75. The van der Waals surface area contributed by atoms with Crippen LogP contribution in [0.3, 0.4) is 0 Å². The molecule has 0 aromatic heterocycles. The van der Waals surface area contributed by atoms with Gasteiger partial charge in [0.2, 0.25) is 5.91 Å². The molecule has 138 valence electrons. The van der Waals surface area contributed by atoms with E-state index in [-0.39, 0.29) is 17.9 Å². The van der Waals surface area contributed by atoms with E-state index < -0.39 is 0 Å². The van der Waals surface area contributed by atoms with Crippen LogP contribution in [0.4, 0.5) is 5.69 Å². The van der Waals surface area contributed by atoms with E-state index in [1.165, 1.54) is 7.11 Å². The lowest BCUT2D eigenvalue weighted by Crippen LogP contribution is -2.26. The van der Waals surface area contributed by atoms with Crippen LogP contribution in [-0.2, 0) is 4.79 Å². The molecule has 1 unspecified atom stereocenters. The number of benzene rings is 2. The Hall–Kier alpha value is -3.02. The summed E-state index contributed by atoms with van der Waals surface area (Å²) >= 11 is 0. The lowest BCUT2D eigenvalue weighted by Gasteiger charge is -2.16. The Balaban J connectivity index is 2.05. The average Bonchev–Trinajstić information content (AvgIpc) is 2.67. The standard InChI is InChI=1S/C20H24N2O4/c1-5-19(23)22-16-9-6-14(7-10-16)13(2)21-20(24)15-8-11-17(25-3)18(12-15)26-4/h6-13H,5H2,1-4H3,(H,21,24)(H,22,23). The molecule has 2 amide bonds. The zero-order chi connectivity index (χ0) is 19.1. The number of methoxy groups -OCH3 is 2. The topological polar surface area (TPSA) is 76.7 Å². The summed E-state index contributed by atoms with van der Waals surface area (Å²) in [4.78, 5) is 23.9. The number of rotatable bonds is 7. The highest BCUT2D eigenvalue weighted by molar-refractivity contribution is 5.95. The Kier molecular flexibility index (Phi) is 6.60. The molecule has 0 bridgehead atoms. The molecule has 0 radical (unpaired) electrons. The van der Waals surface area contributed by atoms with E-state index in [1.54, 1.807) is 32.2 Å². The fourth-order valence-corrected chi connectivity index (χ4v) is 2.45. The van der Waals surface area contributed by atoms with Gasteiger partial charge in [-0.2, -0.15) is 0 Å². The van der Waals surface area contributed by atoms with E-state index in [1.807, 2.05) is 31.2 Å². The Labute approximate surface area is 153 Å². The van der Waals surface area contributed by atoms with E-state index >= 15 is 0 Å². The highest BCUT2D eigenvalue weighted by atomic mass is 16.5. The molecule has 2 N–H and O–H groups in total. The lowest BCUT2D eigenvalue weighted by atomic mass is 10.1. The molecule has 1 atom stereocenters. The number of hydrogen-bond acceptors (Lipinski definition) is 4. The van der Waals surface area contributed by atoms with Gasteiger partial charge in [0.25, 0.3) is 5.91 Å². The van der Waals surface area contributed by atoms with Crippen molar-refractivity contribution < 1.29 is 19.1 Å². The minimum absolute atomic E-state index is 0.0347. The van der Waals surface area contributed by atoms with Gasteiger partial charge < -0.3 is 20.1 Å². The number of ether oxygens (including phenoxy) is 2. The van der Waals surface area contributed by atoms with Gasteiger partial charge in [0, 0.05) is 17.7 Å². The highest BCUT2D eigenvalue weighted by Gasteiger charge is 2.14. The Morgan fingerprint density at radius 3 is 2.23 bits per heavy atom. The minimum atomic E-state index is -0.207. The van der Waals surface area contributed by atoms with Crippen molar-refractivity contribution in [1.82, 2.24) is 5.32 Å². The average molecular weight is 356 g/mol. The molecule has 0 aliphatic rings. The van der Waals surface area contributed by atoms with Crippen molar-refractivity contribution in [2.24, 2.45) is 0 Å². The second-order valence-corrected chi connectivity index (χ2v) is 5.79. The van der Waals surface area contributed by atoms with Crippen LogP contribution in [0.25, 0.3) is 0 Å². The van der Waals surface area contributed by atoms with Crippen LogP contribution in [0.2, 0.25) is 0 Å². The summed E-state index contributed by atoms with van der Waals surface area (Å²) < 4.78 is 10.4. The van der Waals surface area contributed by atoms with E-state index in [9.17, 15) is 9.59 Å². The van der Waals surface area contributed by atoms with Crippen LogP contribution >= 0.6 is 0 Å². The molecule has 2 aromatic rings. The fraction of sp³-hybridized carbons (Fsp3) is 0.300. The molecule has 0 saturated heterocycles. The summed E-state index contributed by atoms with van der Waals surface area (Å²) in [6.07, 6.45) is 0.430. The summed E-state index contributed by atoms with van der Waals surface area (Å²) in [6.45, 7) is 3.70. The van der Waals surface area contributed by atoms with Crippen LogP contribution in [0.15, 0.2) is 42.5 Å². The molecular formula is C20H24N2O4. The maximum atomic E-state index is 12.5. The van der Waals surface area contributed by atoms with Crippen LogP contribution in [0.5, 0.6) is 11.5 Å². The highest BCUT2D eigenvalue weighted by Crippen LogP contribution is 2.27. The number of nitrogens with one attached hydrogen (secondary N) is 2. The van der Waals surface area contributed by atoms with Gasteiger partial charge >= 0.3 is 0 Å². The van der Waals surface area contributed by atoms with Crippen molar-refractivity contribution in [3.63, 3.8) is 0 Å². The summed E-state index contributed by atoms with van der Waals surface area (Å²) in [6, 6.07) is 12.2. The summed E-state index contributed by atoms with van der Waals surface area (Å²) in [5.41, 5.74) is 2.16. The molecular weight excluding hydrogens is 332 g/mol. The number of carbonyl (C=O) groups excluding carboxylic acids is 2. The molecule has 0 saturated carbocycles. The molecule has 2 rings (SSSR count). The number of carbonyl (C=O) groups is 2. The van der Waals surface area contributed by atoms with E-state index in [0.717, 1.165) is 11.3 Å². The lowest BCUT2D eigenvalue weighted by molar-refractivity contribution is -0.115. The van der Waals surface area contributed by atoms with Crippen molar-refractivity contribution in [2.45, 2.75) is 26.3 Å². The first-order valence-corrected chi connectivity index (χ1v) is 8.41. The Morgan fingerprint density at radius 1 is 1.00 bits per heavy atom.